The van der Waals surface area contributed by atoms with Gasteiger partial charge in [-0.3, -0.25) is 0 Å². The predicted molar refractivity (Wildman–Crippen MR) is 93.9 cm³/mol. The van der Waals surface area contributed by atoms with Crippen molar-refractivity contribution < 1.29 is 9.13 Å². The van der Waals surface area contributed by atoms with Crippen LogP contribution in [0.3, 0.4) is 0 Å². The van der Waals surface area contributed by atoms with Gasteiger partial charge in [0.1, 0.15) is 5.82 Å². The molecule has 1 aromatic carbocycles. The van der Waals surface area contributed by atoms with Crippen LogP contribution in [0.5, 0.6) is 0 Å². The van der Waals surface area contributed by atoms with Crippen molar-refractivity contribution in [3.63, 3.8) is 0 Å². The number of thiocarbonyl (C=S) groups is 1. The third-order valence-electron chi connectivity index (χ3n) is 3.34. The van der Waals surface area contributed by atoms with E-state index in [0.717, 1.165) is 0 Å². The molecule has 6 heteroatoms. The highest BCUT2D eigenvalue weighted by Crippen LogP contribution is 2.25. The van der Waals surface area contributed by atoms with Crippen LogP contribution in [0.25, 0.3) is 0 Å². The maximum absolute atomic E-state index is 13.8. The second kappa shape index (κ2) is 8.22. The molecular weight excluding hydrogens is 319 g/mol. The Morgan fingerprint density at radius 2 is 2.14 bits per heavy atom. The first kappa shape index (κ1) is 16.9. The summed E-state index contributed by atoms with van der Waals surface area (Å²) in [7, 11) is 1.65. The number of halogens is 1. The number of nitrogens with zero attached hydrogens (tertiary/aromatic N) is 1. The second-order valence-corrected chi connectivity index (χ2v) is 6.15. The normalized spacial score (nSPS) is 12.0. The van der Waals surface area contributed by atoms with E-state index in [1.165, 1.54) is 10.9 Å². The van der Waals surface area contributed by atoms with Gasteiger partial charge in [-0.1, -0.05) is 18.2 Å². The molecular formula is C16H19FN2OS2. The molecule has 0 radical (unpaired) electrons. The van der Waals surface area contributed by atoms with Crippen LogP contribution in [-0.2, 0) is 4.74 Å². The maximum atomic E-state index is 13.8. The minimum absolute atomic E-state index is 0.0990. The molecule has 0 saturated carbocycles. The van der Waals surface area contributed by atoms with Gasteiger partial charge in [0, 0.05) is 18.5 Å². The molecule has 1 aromatic heterocycles. The molecule has 2 rings (SSSR count). The number of para-hydroxylation sites is 1. The fourth-order valence-electron chi connectivity index (χ4n) is 2.09. The largest absolute Gasteiger partial charge is 0.383 e. The first-order valence-corrected chi connectivity index (χ1v) is 8.26. The van der Waals surface area contributed by atoms with Crippen molar-refractivity contribution in [2.45, 2.75) is 13.0 Å². The van der Waals surface area contributed by atoms with E-state index in [9.17, 15) is 4.39 Å². The van der Waals surface area contributed by atoms with Gasteiger partial charge in [-0.05, 0) is 42.7 Å². The Kier molecular flexibility index (Phi) is 6.30. The van der Waals surface area contributed by atoms with E-state index in [-0.39, 0.29) is 11.9 Å². The Morgan fingerprint density at radius 3 is 2.77 bits per heavy atom. The zero-order valence-electron chi connectivity index (χ0n) is 12.6. The number of thiophene rings is 1. The van der Waals surface area contributed by atoms with Gasteiger partial charge in [-0.25, -0.2) is 4.39 Å². The van der Waals surface area contributed by atoms with Crippen LogP contribution < -0.4 is 5.32 Å². The molecule has 0 spiro atoms. The third kappa shape index (κ3) is 4.25. The molecule has 22 heavy (non-hydrogen) atoms. The molecule has 3 nitrogen and oxygen atoms in total. The summed E-state index contributed by atoms with van der Waals surface area (Å²) in [5, 5.41) is 5.52. The van der Waals surface area contributed by atoms with Crippen LogP contribution in [0.4, 0.5) is 10.1 Å². The Hall–Kier alpha value is -1.50. The lowest BCUT2D eigenvalue weighted by molar-refractivity contribution is 0.166. The van der Waals surface area contributed by atoms with Crippen molar-refractivity contribution in [3.05, 3.63) is 52.5 Å². The highest BCUT2D eigenvalue weighted by molar-refractivity contribution is 7.80. The maximum Gasteiger partial charge on any atom is 0.174 e. The number of ether oxygens (including phenoxy) is 1. The molecule has 1 unspecified atom stereocenters. The molecule has 0 fully saturated rings. The Bertz CT molecular complexity index is 604. The van der Waals surface area contributed by atoms with Crippen LogP contribution in [0.15, 0.2) is 41.8 Å². The quantitative estimate of drug-likeness (QED) is 0.794. The summed E-state index contributed by atoms with van der Waals surface area (Å²) < 4.78 is 18.9. The van der Waals surface area contributed by atoms with E-state index in [1.807, 2.05) is 16.3 Å². The van der Waals surface area contributed by atoms with Crippen molar-refractivity contribution in [1.82, 2.24) is 4.90 Å². The lowest BCUT2D eigenvalue weighted by Gasteiger charge is -2.31. The summed E-state index contributed by atoms with van der Waals surface area (Å²) >= 11 is 7.15. The van der Waals surface area contributed by atoms with Crippen molar-refractivity contribution in [2.24, 2.45) is 0 Å². The highest BCUT2D eigenvalue weighted by atomic mass is 32.1. The van der Waals surface area contributed by atoms with E-state index in [1.54, 1.807) is 36.6 Å². The van der Waals surface area contributed by atoms with E-state index >= 15 is 0 Å². The average Bonchev–Trinajstić information content (AvgIpc) is 3.04. The van der Waals surface area contributed by atoms with Crippen molar-refractivity contribution in [2.75, 3.05) is 25.6 Å². The zero-order chi connectivity index (χ0) is 15.9. The molecule has 0 aliphatic carbocycles. The first-order valence-electron chi connectivity index (χ1n) is 6.98. The summed E-state index contributed by atoms with van der Waals surface area (Å²) in [6.07, 6.45) is 0. The lowest BCUT2D eigenvalue weighted by atomic mass is 10.2. The van der Waals surface area contributed by atoms with Crippen molar-refractivity contribution >= 4 is 34.4 Å². The van der Waals surface area contributed by atoms with Crippen molar-refractivity contribution in [1.29, 1.82) is 0 Å². The van der Waals surface area contributed by atoms with Crippen molar-refractivity contribution in [3.8, 4) is 0 Å². The zero-order valence-corrected chi connectivity index (χ0v) is 14.2. The topological polar surface area (TPSA) is 24.5 Å². The fourth-order valence-corrected chi connectivity index (χ4v) is 3.25. The van der Waals surface area contributed by atoms with Crippen LogP contribution >= 0.6 is 23.6 Å². The van der Waals surface area contributed by atoms with Gasteiger partial charge >= 0.3 is 0 Å². The molecule has 1 N–H and O–H groups in total. The Labute approximate surface area is 139 Å². The summed E-state index contributed by atoms with van der Waals surface area (Å²) in [6.45, 7) is 3.27. The minimum Gasteiger partial charge on any atom is -0.383 e. The Balaban J connectivity index is 2.14. The van der Waals surface area contributed by atoms with Gasteiger partial charge in [0.25, 0.3) is 0 Å². The summed E-state index contributed by atoms with van der Waals surface area (Å²) in [5.41, 5.74) is 0.383. The minimum atomic E-state index is -0.319. The molecule has 0 bridgehead atoms. The van der Waals surface area contributed by atoms with Crippen LogP contribution in [0.2, 0.25) is 0 Å². The van der Waals surface area contributed by atoms with E-state index in [2.05, 4.69) is 18.3 Å². The number of methoxy groups -OCH3 is 1. The van der Waals surface area contributed by atoms with E-state index in [0.29, 0.717) is 24.0 Å². The number of hydrogen-bond acceptors (Lipinski definition) is 3. The SMILES string of the molecule is COCCN(C(=S)Nc1ccccc1F)C(C)c1cccs1. The molecule has 2 aromatic rings. The average molecular weight is 338 g/mol. The van der Waals surface area contributed by atoms with Gasteiger partial charge in [0.15, 0.2) is 5.11 Å². The molecule has 0 aliphatic rings. The number of nitrogens with one attached hydrogen (secondary N) is 1. The van der Waals surface area contributed by atoms with Crippen LogP contribution in [0, 0.1) is 5.82 Å². The monoisotopic (exact) mass is 338 g/mol. The number of benzene rings is 1. The highest BCUT2D eigenvalue weighted by Gasteiger charge is 2.20. The first-order chi connectivity index (χ1) is 10.6. The number of rotatable bonds is 6. The molecule has 118 valence electrons. The summed E-state index contributed by atoms with van der Waals surface area (Å²) in [6, 6.07) is 10.7. The molecule has 1 atom stereocenters. The molecule has 0 amide bonds. The second-order valence-electron chi connectivity index (χ2n) is 4.79. The van der Waals surface area contributed by atoms with E-state index < -0.39 is 0 Å². The van der Waals surface area contributed by atoms with Crippen LogP contribution in [-0.4, -0.2) is 30.3 Å². The van der Waals surface area contributed by atoms with Crippen LogP contribution in [0.1, 0.15) is 17.8 Å². The molecule has 1 heterocycles. The molecule has 0 aliphatic heterocycles. The van der Waals surface area contributed by atoms with Gasteiger partial charge in [-0.15, -0.1) is 11.3 Å². The number of hydrogen-bond donors (Lipinski definition) is 1. The summed E-state index contributed by atoms with van der Waals surface area (Å²) in [4.78, 5) is 3.21. The fraction of sp³-hybridized carbons (Fsp3) is 0.312. The molecule has 0 saturated heterocycles. The van der Waals surface area contributed by atoms with Gasteiger partial charge in [0.2, 0.25) is 0 Å². The third-order valence-corrected chi connectivity index (χ3v) is 4.71. The van der Waals surface area contributed by atoms with Gasteiger partial charge < -0.3 is 15.0 Å². The smallest absolute Gasteiger partial charge is 0.174 e. The predicted octanol–water partition coefficient (Wildman–Crippen LogP) is 4.29. The van der Waals surface area contributed by atoms with E-state index in [4.69, 9.17) is 17.0 Å². The standard InChI is InChI=1S/C16H19FN2OS2/c1-12(15-8-5-11-22-15)19(9-10-20-2)16(21)18-14-7-4-3-6-13(14)17/h3-8,11-12H,9-10H2,1-2H3,(H,18,21). The van der Waals surface area contributed by atoms with Gasteiger partial charge in [-0.2, -0.15) is 0 Å². The Morgan fingerprint density at radius 1 is 1.36 bits per heavy atom. The number of anilines is 1. The van der Waals surface area contributed by atoms with Gasteiger partial charge in [0.05, 0.1) is 18.3 Å². The lowest BCUT2D eigenvalue weighted by Crippen LogP contribution is -2.39. The summed E-state index contributed by atoms with van der Waals surface area (Å²) in [5.74, 6) is -0.319.